The van der Waals surface area contributed by atoms with Crippen molar-refractivity contribution in [3.05, 3.63) is 109 Å². The van der Waals surface area contributed by atoms with Gasteiger partial charge in [-0.25, -0.2) is 14.6 Å². The number of furan rings is 1. The van der Waals surface area contributed by atoms with E-state index in [1.54, 1.807) is 10.9 Å². The van der Waals surface area contributed by atoms with Gasteiger partial charge in [0.2, 0.25) is 5.88 Å². The van der Waals surface area contributed by atoms with Gasteiger partial charge < -0.3 is 9.73 Å². The highest BCUT2D eigenvalue weighted by atomic mass is 16.4. The van der Waals surface area contributed by atoms with Gasteiger partial charge in [-0.2, -0.15) is 10.4 Å². The summed E-state index contributed by atoms with van der Waals surface area (Å²) < 4.78 is 8.05. The topological polar surface area (TPSA) is 92.6 Å². The van der Waals surface area contributed by atoms with Crippen molar-refractivity contribution in [3.8, 4) is 34.2 Å². The number of nitriles is 1. The fourth-order valence-corrected chi connectivity index (χ4v) is 4.11. The minimum absolute atomic E-state index is 0.317. The molecule has 0 fully saturated rings. The number of benzene rings is 3. The number of aromatic nitrogens is 4. The average molecular weight is 454 g/mol. The zero-order chi connectivity index (χ0) is 23.6. The summed E-state index contributed by atoms with van der Waals surface area (Å²) in [5.74, 6) is 1.43. The predicted octanol–water partition coefficient (Wildman–Crippen LogP) is 6.36. The monoisotopic (exact) mass is 454 g/mol. The molecule has 0 bridgehead atoms. The summed E-state index contributed by atoms with van der Waals surface area (Å²) in [6.07, 6.45) is 3.17. The zero-order valence-corrected chi connectivity index (χ0v) is 18.5. The normalized spacial score (nSPS) is 10.8. The van der Waals surface area contributed by atoms with E-state index in [1.165, 1.54) is 6.33 Å². The largest absolute Gasteiger partial charge is 0.438 e. The summed E-state index contributed by atoms with van der Waals surface area (Å²) in [6, 6.07) is 31.6. The van der Waals surface area contributed by atoms with Gasteiger partial charge >= 0.3 is 0 Å². The van der Waals surface area contributed by atoms with Crippen molar-refractivity contribution in [1.29, 1.82) is 5.26 Å². The first-order valence-corrected chi connectivity index (χ1v) is 11.0. The third kappa shape index (κ3) is 3.59. The van der Waals surface area contributed by atoms with E-state index < -0.39 is 0 Å². The van der Waals surface area contributed by atoms with E-state index in [2.05, 4.69) is 26.5 Å². The Labute approximate surface area is 200 Å². The number of nitrogens with one attached hydrogen (secondary N) is 1. The van der Waals surface area contributed by atoms with Crippen LogP contribution < -0.4 is 5.32 Å². The maximum Gasteiger partial charge on any atom is 0.217 e. The lowest BCUT2D eigenvalue weighted by atomic mass is 9.98. The summed E-state index contributed by atoms with van der Waals surface area (Å²) in [4.78, 5) is 8.86. The van der Waals surface area contributed by atoms with Crippen molar-refractivity contribution in [1.82, 2.24) is 19.7 Å². The number of nitrogens with zero attached hydrogens (tertiary/aromatic N) is 5. The number of hydrogen-bond acceptors (Lipinski definition) is 6. The summed E-state index contributed by atoms with van der Waals surface area (Å²) >= 11 is 0. The Morgan fingerprint density at radius 1 is 0.800 bits per heavy atom. The number of rotatable bonds is 5. The number of anilines is 2. The molecule has 166 valence electrons. The molecule has 7 nitrogen and oxygen atoms in total. The molecular formula is C28H18N6O. The molecule has 0 atom stereocenters. The molecule has 3 aromatic heterocycles. The second-order valence-electron chi connectivity index (χ2n) is 7.83. The Bertz CT molecular complexity index is 1670. The molecule has 0 unspecified atom stereocenters. The lowest BCUT2D eigenvalue weighted by molar-refractivity contribution is 0.600. The van der Waals surface area contributed by atoms with Crippen molar-refractivity contribution < 1.29 is 4.42 Å². The fraction of sp³-hybridized carbons (Fsp3) is 0. The molecule has 0 saturated heterocycles. The molecule has 6 aromatic rings. The van der Waals surface area contributed by atoms with Crippen LogP contribution in [-0.4, -0.2) is 19.7 Å². The first-order chi connectivity index (χ1) is 17.3. The van der Waals surface area contributed by atoms with Gasteiger partial charge in [0.15, 0.2) is 5.65 Å². The minimum Gasteiger partial charge on any atom is -0.438 e. The second-order valence-corrected chi connectivity index (χ2v) is 7.83. The Balaban J connectivity index is 1.50. The van der Waals surface area contributed by atoms with E-state index in [4.69, 9.17) is 4.42 Å². The van der Waals surface area contributed by atoms with Crippen LogP contribution in [0.5, 0.6) is 0 Å². The molecule has 0 spiro atoms. The number of para-hydroxylation sites is 1. The molecule has 0 aliphatic carbocycles. The van der Waals surface area contributed by atoms with Crippen molar-refractivity contribution in [2.24, 2.45) is 0 Å². The SMILES string of the molecule is N#Cc1c(Nc2ncnc3c2cnn3-c2ccccc2)oc(-c2ccccc2)c1-c1ccccc1. The molecule has 0 aliphatic heterocycles. The van der Waals surface area contributed by atoms with E-state index >= 15 is 0 Å². The summed E-state index contributed by atoms with van der Waals surface area (Å²) in [5.41, 5.74) is 4.43. The van der Waals surface area contributed by atoms with Crippen LogP contribution >= 0.6 is 0 Å². The molecular weight excluding hydrogens is 436 g/mol. The van der Waals surface area contributed by atoms with Gasteiger partial charge in [0.25, 0.3) is 0 Å². The standard InChI is InChI=1S/C28H18N6O/c29-16-22-24(19-10-4-1-5-11-19)25(20-12-6-2-7-13-20)35-28(22)33-26-23-17-32-34(27(23)31-18-30-26)21-14-8-3-9-15-21/h1-15,17-18H,(H,30,31,33). The Hall–Kier alpha value is -5.22. The van der Waals surface area contributed by atoms with Crippen LogP contribution in [0.15, 0.2) is 108 Å². The van der Waals surface area contributed by atoms with Crippen LogP contribution in [0.25, 0.3) is 39.2 Å². The van der Waals surface area contributed by atoms with Crippen LogP contribution in [0.4, 0.5) is 11.7 Å². The van der Waals surface area contributed by atoms with Crippen LogP contribution in [0, 0.1) is 11.3 Å². The molecule has 0 radical (unpaired) electrons. The molecule has 35 heavy (non-hydrogen) atoms. The number of hydrogen-bond donors (Lipinski definition) is 1. The molecule has 3 heterocycles. The summed E-state index contributed by atoms with van der Waals surface area (Å²) in [7, 11) is 0. The maximum absolute atomic E-state index is 10.2. The molecule has 6 rings (SSSR count). The van der Waals surface area contributed by atoms with Gasteiger partial charge in [-0.3, -0.25) is 0 Å². The van der Waals surface area contributed by atoms with Gasteiger partial charge in [-0.1, -0.05) is 78.9 Å². The van der Waals surface area contributed by atoms with E-state index in [1.807, 2.05) is 91.0 Å². The Morgan fingerprint density at radius 2 is 1.46 bits per heavy atom. The lowest BCUT2D eigenvalue weighted by Gasteiger charge is -2.05. The minimum atomic E-state index is 0.317. The van der Waals surface area contributed by atoms with Crippen molar-refractivity contribution in [2.45, 2.75) is 0 Å². The first-order valence-electron chi connectivity index (χ1n) is 11.0. The summed E-state index contributed by atoms with van der Waals surface area (Å²) in [6.45, 7) is 0. The van der Waals surface area contributed by atoms with Crippen molar-refractivity contribution >= 4 is 22.7 Å². The van der Waals surface area contributed by atoms with E-state index in [0.717, 1.165) is 22.4 Å². The van der Waals surface area contributed by atoms with Crippen LogP contribution in [0.1, 0.15) is 5.56 Å². The molecule has 0 saturated carbocycles. The van der Waals surface area contributed by atoms with Crippen LogP contribution in [0.2, 0.25) is 0 Å². The Morgan fingerprint density at radius 3 is 2.14 bits per heavy atom. The van der Waals surface area contributed by atoms with Crippen molar-refractivity contribution in [2.75, 3.05) is 5.32 Å². The average Bonchev–Trinajstić information content (AvgIpc) is 3.52. The molecule has 7 heteroatoms. The molecule has 1 N–H and O–H groups in total. The summed E-state index contributed by atoms with van der Waals surface area (Å²) in [5, 5.41) is 18.6. The second kappa shape index (κ2) is 8.61. The van der Waals surface area contributed by atoms with Gasteiger partial charge in [0, 0.05) is 11.1 Å². The van der Waals surface area contributed by atoms with E-state index in [-0.39, 0.29) is 0 Å². The van der Waals surface area contributed by atoms with Gasteiger partial charge in [-0.15, -0.1) is 0 Å². The highest BCUT2D eigenvalue weighted by Gasteiger charge is 2.24. The third-order valence-electron chi connectivity index (χ3n) is 5.72. The van der Waals surface area contributed by atoms with Crippen LogP contribution in [-0.2, 0) is 0 Å². The maximum atomic E-state index is 10.2. The Kier molecular flexibility index (Phi) is 5.02. The highest BCUT2D eigenvalue weighted by Crippen LogP contribution is 2.42. The molecule has 3 aromatic carbocycles. The predicted molar refractivity (Wildman–Crippen MR) is 134 cm³/mol. The smallest absolute Gasteiger partial charge is 0.217 e. The van der Waals surface area contributed by atoms with Crippen molar-refractivity contribution in [3.63, 3.8) is 0 Å². The quantitative estimate of drug-likeness (QED) is 0.326. The van der Waals surface area contributed by atoms with Gasteiger partial charge in [0.05, 0.1) is 17.3 Å². The zero-order valence-electron chi connectivity index (χ0n) is 18.5. The van der Waals surface area contributed by atoms with Gasteiger partial charge in [0.1, 0.15) is 29.5 Å². The van der Waals surface area contributed by atoms with E-state index in [9.17, 15) is 5.26 Å². The molecule has 0 amide bonds. The first kappa shape index (κ1) is 20.4. The lowest BCUT2D eigenvalue weighted by Crippen LogP contribution is -1.99. The van der Waals surface area contributed by atoms with Crippen LogP contribution in [0.3, 0.4) is 0 Å². The van der Waals surface area contributed by atoms with E-state index in [0.29, 0.717) is 34.1 Å². The number of fused-ring (bicyclic) bond motifs is 1. The third-order valence-corrected chi connectivity index (χ3v) is 5.72. The van der Waals surface area contributed by atoms with Gasteiger partial charge in [-0.05, 0) is 17.7 Å². The molecule has 0 aliphatic rings. The highest BCUT2D eigenvalue weighted by molar-refractivity contribution is 5.92. The fourth-order valence-electron chi connectivity index (χ4n) is 4.11.